The predicted molar refractivity (Wildman–Crippen MR) is 80.7 cm³/mol. The van der Waals surface area contributed by atoms with E-state index in [1.165, 1.54) is 11.3 Å². The number of nitrogens with zero attached hydrogens (tertiary/aromatic N) is 1. The van der Waals surface area contributed by atoms with Crippen LogP contribution in [0.1, 0.15) is 24.5 Å². The summed E-state index contributed by atoms with van der Waals surface area (Å²) in [6, 6.07) is 2.18. The van der Waals surface area contributed by atoms with Gasteiger partial charge in [-0.15, -0.1) is 11.3 Å². The van der Waals surface area contributed by atoms with Crippen LogP contribution in [0.2, 0.25) is 5.02 Å². The van der Waals surface area contributed by atoms with Gasteiger partial charge < -0.3 is 5.73 Å². The van der Waals surface area contributed by atoms with Gasteiger partial charge in [0.1, 0.15) is 4.90 Å². The fourth-order valence-electron chi connectivity index (χ4n) is 1.85. The number of halogens is 2. The molecule has 0 amide bonds. The first kappa shape index (κ1) is 14.6. The molecule has 0 atom stereocenters. The summed E-state index contributed by atoms with van der Waals surface area (Å²) >= 11 is 6.90. The Morgan fingerprint density at radius 1 is 1.43 bits per heavy atom. The second kappa shape index (κ2) is 5.11. The quantitative estimate of drug-likeness (QED) is 0.832. The van der Waals surface area contributed by atoms with Crippen molar-refractivity contribution in [3.63, 3.8) is 0 Å². The minimum Gasteiger partial charge on any atom is -0.396 e. The summed E-state index contributed by atoms with van der Waals surface area (Å²) in [5.41, 5.74) is 5.94. The van der Waals surface area contributed by atoms with Crippen molar-refractivity contribution >= 4 is 43.8 Å². The number of aromatic nitrogens is 1. The molecule has 1 heterocycles. The maximum atomic E-state index is 13.9. The molecule has 9 heteroatoms. The van der Waals surface area contributed by atoms with Gasteiger partial charge in [-0.1, -0.05) is 11.6 Å². The molecule has 1 aliphatic rings. The van der Waals surface area contributed by atoms with Crippen molar-refractivity contribution in [3.05, 3.63) is 34.0 Å². The Labute approximate surface area is 130 Å². The summed E-state index contributed by atoms with van der Waals surface area (Å²) < 4.78 is 40.6. The van der Waals surface area contributed by atoms with E-state index in [1.54, 1.807) is 5.38 Å². The van der Waals surface area contributed by atoms with Gasteiger partial charge in [-0.25, -0.2) is 17.8 Å². The van der Waals surface area contributed by atoms with Gasteiger partial charge >= 0.3 is 0 Å². The second-order valence-electron chi connectivity index (χ2n) is 4.76. The molecule has 0 aliphatic heterocycles. The summed E-state index contributed by atoms with van der Waals surface area (Å²) in [5, 5.41) is 2.06. The Bertz CT molecular complexity index is 803. The normalized spacial score (nSPS) is 15.1. The highest BCUT2D eigenvalue weighted by molar-refractivity contribution is 7.93. The summed E-state index contributed by atoms with van der Waals surface area (Å²) in [6.07, 6.45) is 2.13. The molecule has 1 aliphatic carbocycles. The number of benzene rings is 1. The number of hydrogen-bond acceptors (Lipinski definition) is 5. The molecule has 112 valence electrons. The molecule has 21 heavy (non-hydrogen) atoms. The molecule has 3 rings (SSSR count). The van der Waals surface area contributed by atoms with Gasteiger partial charge in [0, 0.05) is 16.3 Å². The van der Waals surface area contributed by atoms with E-state index in [2.05, 4.69) is 9.71 Å². The number of thiazole rings is 1. The second-order valence-corrected chi connectivity index (χ2v) is 7.71. The highest BCUT2D eigenvalue weighted by Gasteiger charge is 2.28. The van der Waals surface area contributed by atoms with Gasteiger partial charge in [0.05, 0.1) is 11.4 Å². The number of hydrogen-bond donors (Lipinski definition) is 2. The first-order valence-electron chi connectivity index (χ1n) is 6.09. The van der Waals surface area contributed by atoms with Gasteiger partial charge in [-0.05, 0) is 25.0 Å². The van der Waals surface area contributed by atoms with Crippen molar-refractivity contribution in [1.82, 2.24) is 4.98 Å². The average molecular weight is 348 g/mol. The van der Waals surface area contributed by atoms with Crippen molar-refractivity contribution in [2.24, 2.45) is 0 Å². The highest BCUT2D eigenvalue weighted by atomic mass is 35.5. The van der Waals surface area contributed by atoms with Crippen molar-refractivity contribution < 1.29 is 12.8 Å². The molecule has 5 nitrogen and oxygen atoms in total. The van der Waals surface area contributed by atoms with Crippen LogP contribution in [0.5, 0.6) is 0 Å². The topological polar surface area (TPSA) is 85.1 Å². The number of anilines is 2. The molecule has 0 radical (unpaired) electrons. The van der Waals surface area contributed by atoms with Crippen LogP contribution in [-0.2, 0) is 10.0 Å². The third kappa shape index (κ3) is 2.97. The molecule has 0 bridgehead atoms. The van der Waals surface area contributed by atoms with Crippen LogP contribution in [-0.4, -0.2) is 13.4 Å². The average Bonchev–Trinajstić information content (AvgIpc) is 3.15. The summed E-state index contributed by atoms with van der Waals surface area (Å²) in [7, 11) is -4.12. The maximum absolute atomic E-state index is 13.9. The fraction of sp³-hybridized carbons (Fsp3) is 0.250. The van der Waals surface area contributed by atoms with Gasteiger partial charge in [-0.2, -0.15) is 0 Å². The molecule has 1 saturated carbocycles. The number of nitrogens with one attached hydrogen (secondary N) is 1. The summed E-state index contributed by atoms with van der Waals surface area (Å²) in [5.74, 6) is -0.607. The molecule has 1 aromatic carbocycles. The van der Waals surface area contributed by atoms with Crippen LogP contribution in [0.15, 0.2) is 22.4 Å². The van der Waals surface area contributed by atoms with Crippen LogP contribution >= 0.6 is 22.9 Å². The van der Waals surface area contributed by atoms with E-state index >= 15 is 0 Å². The fourth-order valence-corrected chi connectivity index (χ4v) is 4.32. The Morgan fingerprint density at radius 3 is 2.81 bits per heavy atom. The molecular formula is C12H11ClFN3O2S2. The van der Waals surface area contributed by atoms with Gasteiger partial charge in [0.2, 0.25) is 0 Å². The molecular weight excluding hydrogens is 337 g/mol. The van der Waals surface area contributed by atoms with Crippen LogP contribution in [0.3, 0.4) is 0 Å². The minimum atomic E-state index is -4.12. The number of rotatable bonds is 4. The zero-order valence-electron chi connectivity index (χ0n) is 10.6. The van der Waals surface area contributed by atoms with Gasteiger partial charge in [0.25, 0.3) is 10.0 Å². The Hall–Kier alpha value is -1.38. The Kier molecular flexibility index (Phi) is 3.54. The standard InChI is InChI=1S/C12H11ClFN3O2S2/c13-7-3-8(15)11(14)10(4-7)21(18,19)17-12-16-9(5-20-12)6-1-2-6/h3-6H,1-2,15H2,(H,16,17). The molecule has 2 aromatic rings. The smallest absolute Gasteiger partial charge is 0.266 e. The van der Waals surface area contributed by atoms with Crippen molar-refractivity contribution in [2.75, 3.05) is 10.5 Å². The van der Waals surface area contributed by atoms with E-state index in [1.807, 2.05) is 0 Å². The third-order valence-corrected chi connectivity index (χ3v) is 5.52. The largest absolute Gasteiger partial charge is 0.396 e. The number of sulfonamides is 1. The van der Waals surface area contributed by atoms with Crippen LogP contribution in [0.25, 0.3) is 0 Å². The first-order valence-corrected chi connectivity index (χ1v) is 8.83. The van der Waals surface area contributed by atoms with E-state index < -0.39 is 20.7 Å². The molecule has 1 aromatic heterocycles. The first-order chi connectivity index (χ1) is 9.87. The Morgan fingerprint density at radius 2 is 2.14 bits per heavy atom. The number of nitrogen functional groups attached to an aromatic ring is 1. The lowest BCUT2D eigenvalue weighted by Gasteiger charge is -2.08. The lowest BCUT2D eigenvalue weighted by molar-refractivity contribution is 0.573. The van der Waals surface area contributed by atoms with E-state index in [4.69, 9.17) is 17.3 Å². The predicted octanol–water partition coefficient (Wildman–Crippen LogP) is 3.20. The van der Waals surface area contributed by atoms with Crippen LogP contribution in [0.4, 0.5) is 15.2 Å². The Balaban J connectivity index is 1.92. The maximum Gasteiger partial charge on any atom is 0.266 e. The monoisotopic (exact) mass is 347 g/mol. The van der Waals surface area contributed by atoms with E-state index in [-0.39, 0.29) is 15.8 Å². The molecule has 0 saturated heterocycles. The lowest BCUT2D eigenvalue weighted by atomic mass is 10.3. The van der Waals surface area contributed by atoms with E-state index in [0.29, 0.717) is 5.92 Å². The number of nitrogens with two attached hydrogens (primary N) is 1. The van der Waals surface area contributed by atoms with Crippen LogP contribution in [0, 0.1) is 5.82 Å². The van der Waals surface area contributed by atoms with E-state index in [9.17, 15) is 12.8 Å². The van der Waals surface area contributed by atoms with Gasteiger partial charge in [0.15, 0.2) is 10.9 Å². The van der Waals surface area contributed by atoms with Crippen molar-refractivity contribution in [2.45, 2.75) is 23.7 Å². The zero-order chi connectivity index (χ0) is 15.2. The van der Waals surface area contributed by atoms with E-state index in [0.717, 1.165) is 30.7 Å². The summed E-state index contributed by atoms with van der Waals surface area (Å²) in [4.78, 5) is 3.61. The van der Waals surface area contributed by atoms with Crippen LogP contribution < -0.4 is 10.5 Å². The molecule has 0 unspecified atom stereocenters. The summed E-state index contributed by atoms with van der Waals surface area (Å²) in [6.45, 7) is 0. The molecule has 3 N–H and O–H groups in total. The SMILES string of the molecule is Nc1cc(Cl)cc(S(=O)(=O)Nc2nc(C3CC3)cs2)c1F. The highest BCUT2D eigenvalue weighted by Crippen LogP contribution is 2.41. The third-order valence-electron chi connectivity index (χ3n) is 3.06. The van der Waals surface area contributed by atoms with Gasteiger partial charge in [-0.3, -0.25) is 4.72 Å². The lowest BCUT2D eigenvalue weighted by Crippen LogP contribution is -2.15. The zero-order valence-corrected chi connectivity index (χ0v) is 13.0. The molecule has 1 fully saturated rings. The van der Waals surface area contributed by atoms with Crippen molar-refractivity contribution in [1.29, 1.82) is 0 Å². The minimum absolute atomic E-state index is 0.0482. The molecule has 0 spiro atoms. The van der Waals surface area contributed by atoms with Crippen molar-refractivity contribution in [3.8, 4) is 0 Å².